The maximum absolute atomic E-state index is 2.69. The summed E-state index contributed by atoms with van der Waals surface area (Å²) in [5.74, 6) is 0. The fourth-order valence-corrected chi connectivity index (χ4v) is 3.72. The van der Waals surface area contributed by atoms with E-state index in [2.05, 4.69) is 62.6 Å². The van der Waals surface area contributed by atoms with Crippen LogP contribution in [-0.4, -0.2) is 26.3 Å². The lowest BCUT2D eigenvalue weighted by Gasteiger charge is -2.32. The molecule has 2 heteroatoms. The van der Waals surface area contributed by atoms with Gasteiger partial charge in [0.1, 0.15) is 9.68 Å². The van der Waals surface area contributed by atoms with Crippen molar-refractivity contribution in [2.45, 2.75) is 46.2 Å². The van der Waals surface area contributed by atoms with Crippen LogP contribution in [0, 0.1) is 0 Å². The summed E-state index contributed by atoms with van der Waals surface area (Å²) in [4.78, 5) is 0. The van der Waals surface area contributed by atoms with Gasteiger partial charge in [0.05, 0.1) is 0 Å². The molecule has 1 unspecified atom stereocenters. The Hall–Kier alpha value is -0.603. The van der Waals surface area contributed by atoms with Crippen LogP contribution in [0.2, 0.25) is 0 Å². The third-order valence-electron chi connectivity index (χ3n) is 3.03. The molecule has 0 aliphatic carbocycles. The molecule has 1 aromatic carbocycles. The highest BCUT2D eigenvalue weighted by Gasteiger charge is 2.15. The molecule has 0 aliphatic heterocycles. The van der Waals surface area contributed by atoms with E-state index in [1.807, 2.05) is 0 Å². The van der Waals surface area contributed by atoms with E-state index >= 15 is 0 Å². The fourth-order valence-electron chi connectivity index (χ4n) is 1.88. The molecule has 0 spiro atoms. The van der Waals surface area contributed by atoms with Crippen molar-refractivity contribution >= 4 is 14.9 Å². The van der Waals surface area contributed by atoms with Crippen LogP contribution in [0.1, 0.15) is 34.1 Å². The zero-order chi connectivity index (χ0) is 11.3. The standard InChI is InChI=1S/C13H23NSi/c1-5-12(4)14(11(2)3)15-13-9-7-6-8-10-13/h6-12H,5,15H2,1-4H3. The van der Waals surface area contributed by atoms with Gasteiger partial charge in [0, 0.05) is 6.04 Å². The van der Waals surface area contributed by atoms with Crippen LogP contribution < -0.4 is 5.19 Å². The van der Waals surface area contributed by atoms with Crippen LogP contribution in [0.3, 0.4) is 0 Å². The number of hydrogen-bond acceptors (Lipinski definition) is 1. The molecule has 1 nitrogen and oxygen atoms in total. The average molecular weight is 221 g/mol. The molecule has 84 valence electrons. The number of nitrogens with zero attached hydrogens (tertiary/aromatic N) is 1. The second-order valence-electron chi connectivity index (χ2n) is 4.51. The van der Waals surface area contributed by atoms with Gasteiger partial charge in [0.15, 0.2) is 0 Å². The van der Waals surface area contributed by atoms with Crippen LogP contribution in [-0.2, 0) is 0 Å². The molecular weight excluding hydrogens is 198 g/mol. The highest BCUT2D eigenvalue weighted by Crippen LogP contribution is 2.06. The Morgan fingerprint density at radius 2 is 1.73 bits per heavy atom. The lowest BCUT2D eigenvalue weighted by molar-refractivity contribution is 0.292. The predicted octanol–water partition coefficient (Wildman–Crippen LogP) is 1.90. The summed E-state index contributed by atoms with van der Waals surface area (Å²) in [5, 5.41) is 1.55. The highest BCUT2D eigenvalue weighted by atomic mass is 28.2. The van der Waals surface area contributed by atoms with Crippen LogP contribution in [0.25, 0.3) is 0 Å². The summed E-state index contributed by atoms with van der Waals surface area (Å²) < 4.78 is 2.69. The van der Waals surface area contributed by atoms with Crippen molar-refractivity contribution in [3.8, 4) is 0 Å². The lowest BCUT2D eigenvalue weighted by atomic mass is 10.2. The first-order valence-corrected chi connectivity index (χ1v) is 7.28. The molecule has 0 amide bonds. The first-order valence-electron chi connectivity index (χ1n) is 5.94. The van der Waals surface area contributed by atoms with Gasteiger partial charge in [-0.15, -0.1) is 0 Å². The SMILES string of the molecule is CCC(C)N([SiH2]c1ccccc1)C(C)C. The smallest absolute Gasteiger partial charge is 0.127 e. The van der Waals surface area contributed by atoms with E-state index in [-0.39, 0.29) is 9.68 Å². The van der Waals surface area contributed by atoms with E-state index in [4.69, 9.17) is 0 Å². The molecular formula is C13H23NSi. The van der Waals surface area contributed by atoms with Gasteiger partial charge in [0.25, 0.3) is 0 Å². The van der Waals surface area contributed by atoms with Crippen LogP contribution in [0.5, 0.6) is 0 Å². The molecule has 1 aromatic rings. The lowest BCUT2D eigenvalue weighted by Crippen LogP contribution is -2.45. The van der Waals surface area contributed by atoms with E-state index in [0.717, 1.165) is 6.04 Å². The molecule has 0 N–H and O–H groups in total. The molecule has 1 atom stereocenters. The number of rotatable bonds is 5. The molecule has 0 bridgehead atoms. The van der Waals surface area contributed by atoms with Crippen molar-refractivity contribution in [1.29, 1.82) is 0 Å². The minimum Gasteiger partial charge on any atom is -0.320 e. The largest absolute Gasteiger partial charge is 0.320 e. The maximum atomic E-state index is 2.69. The Kier molecular flexibility index (Phi) is 5.06. The molecule has 1 rings (SSSR count). The first-order chi connectivity index (χ1) is 7.15. The summed E-state index contributed by atoms with van der Waals surface area (Å²) in [6, 6.07) is 12.3. The van der Waals surface area contributed by atoms with Gasteiger partial charge in [-0.2, -0.15) is 0 Å². The molecule has 0 aliphatic rings. The van der Waals surface area contributed by atoms with E-state index in [0.29, 0.717) is 6.04 Å². The summed E-state index contributed by atoms with van der Waals surface area (Å²) in [5.41, 5.74) is 0. The van der Waals surface area contributed by atoms with Gasteiger partial charge in [-0.05, 0) is 17.6 Å². The van der Waals surface area contributed by atoms with Crippen LogP contribution in [0.15, 0.2) is 30.3 Å². The van der Waals surface area contributed by atoms with E-state index in [1.54, 1.807) is 5.19 Å². The zero-order valence-corrected chi connectivity index (χ0v) is 11.8. The Bertz CT molecular complexity index is 271. The third-order valence-corrected chi connectivity index (χ3v) is 5.58. The molecule has 0 fully saturated rings. The quantitative estimate of drug-likeness (QED) is 0.687. The topological polar surface area (TPSA) is 3.24 Å². The second-order valence-corrected chi connectivity index (χ2v) is 6.37. The van der Waals surface area contributed by atoms with Crippen molar-refractivity contribution in [3.63, 3.8) is 0 Å². The Balaban J connectivity index is 2.67. The monoisotopic (exact) mass is 221 g/mol. The van der Waals surface area contributed by atoms with Gasteiger partial charge in [-0.1, -0.05) is 58.0 Å². The first kappa shape index (κ1) is 12.5. The number of hydrogen-bond donors (Lipinski definition) is 0. The zero-order valence-electron chi connectivity index (χ0n) is 10.4. The van der Waals surface area contributed by atoms with Gasteiger partial charge < -0.3 is 4.57 Å². The normalized spacial score (nSPS) is 14.3. The van der Waals surface area contributed by atoms with Gasteiger partial charge in [0.2, 0.25) is 0 Å². The Labute approximate surface area is 96.4 Å². The second kappa shape index (κ2) is 6.08. The van der Waals surface area contributed by atoms with E-state index in [9.17, 15) is 0 Å². The minimum atomic E-state index is -0.270. The average Bonchev–Trinajstić information content (AvgIpc) is 2.26. The van der Waals surface area contributed by atoms with Crippen molar-refractivity contribution in [2.75, 3.05) is 0 Å². The summed E-state index contributed by atoms with van der Waals surface area (Å²) in [6.45, 7) is 9.24. The fraction of sp³-hybridized carbons (Fsp3) is 0.538. The summed E-state index contributed by atoms with van der Waals surface area (Å²) in [7, 11) is -0.270. The molecule has 15 heavy (non-hydrogen) atoms. The highest BCUT2D eigenvalue weighted by molar-refractivity contribution is 6.50. The Morgan fingerprint density at radius 3 is 2.20 bits per heavy atom. The molecule has 0 aromatic heterocycles. The molecule has 0 heterocycles. The number of benzene rings is 1. The van der Waals surface area contributed by atoms with Crippen molar-refractivity contribution in [3.05, 3.63) is 30.3 Å². The van der Waals surface area contributed by atoms with Gasteiger partial charge >= 0.3 is 0 Å². The summed E-state index contributed by atoms with van der Waals surface area (Å²) in [6.07, 6.45) is 1.25. The molecule has 0 saturated heterocycles. The van der Waals surface area contributed by atoms with Crippen LogP contribution in [0.4, 0.5) is 0 Å². The van der Waals surface area contributed by atoms with E-state index < -0.39 is 0 Å². The van der Waals surface area contributed by atoms with Crippen molar-refractivity contribution < 1.29 is 0 Å². The summed E-state index contributed by atoms with van der Waals surface area (Å²) >= 11 is 0. The predicted molar refractivity (Wildman–Crippen MR) is 71.3 cm³/mol. The van der Waals surface area contributed by atoms with Gasteiger partial charge in [-0.25, -0.2) is 0 Å². The van der Waals surface area contributed by atoms with Gasteiger partial charge in [-0.3, -0.25) is 0 Å². The minimum absolute atomic E-state index is 0.270. The Morgan fingerprint density at radius 1 is 1.13 bits per heavy atom. The van der Waals surface area contributed by atoms with Crippen molar-refractivity contribution in [1.82, 2.24) is 4.57 Å². The van der Waals surface area contributed by atoms with Crippen molar-refractivity contribution in [2.24, 2.45) is 0 Å². The van der Waals surface area contributed by atoms with Crippen LogP contribution >= 0.6 is 0 Å². The molecule has 0 saturated carbocycles. The maximum Gasteiger partial charge on any atom is 0.127 e. The molecule has 0 radical (unpaired) electrons. The third kappa shape index (κ3) is 3.80. The van der Waals surface area contributed by atoms with E-state index in [1.165, 1.54) is 6.42 Å².